The number of pyridine rings is 1. The van der Waals surface area contributed by atoms with Gasteiger partial charge in [0.05, 0.1) is 11.1 Å². The van der Waals surface area contributed by atoms with Gasteiger partial charge in [0.2, 0.25) is 0 Å². The highest BCUT2D eigenvalue weighted by atomic mass is 19.1. The van der Waals surface area contributed by atoms with Crippen LogP contribution in [-0.2, 0) is 4.79 Å². The van der Waals surface area contributed by atoms with Crippen molar-refractivity contribution in [2.45, 2.75) is 18.9 Å². The van der Waals surface area contributed by atoms with Crippen LogP contribution in [0.3, 0.4) is 0 Å². The summed E-state index contributed by atoms with van der Waals surface area (Å²) in [4.78, 5) is 29.2. The Bertz CT molecular complexity index is 732. The third-order valence-electron chi connectivity index (χ3n) is 3.70. The number of carbonyl (C=O) groups is 2. The molecule has 0 bridgehead atoms. The molecule has 1 aliphatic heterocycles. The van der Waals surface area contributed by atoms with Crippen molar-refractivity contribution in [3.8, 4) is 0 Å². The number of aliphatic carboxylic acids is 1. The number of carbonyl (C=O) groups excluding carboxylic acids is 1. The van der Waals surface area contributed by atoms with Crippen molar-refractivity contribution in [1.82, 2.24) is 9.88 Å². The summed E-state index contributed by atoms with van der Waals surface area (Å²) in [5, 5.41) is 9.68. The summed E-state index contributed by atoms with van der Waals surface area (Å²) < 4.78 is 13.7. The largest absolute Gasteiger partial charge is 0.480 e. The van der Waals surface area contributed by atoms with E-state index in [1.165, 1.54) is 17.2 Å². The number of amides is 1. The van der Waals surface area contributed by atoms with Gasteiger partial charge in [-0.2, -0.15) is 0 Å². The van der Waals surface area contributed by atoms with Gasteiger partial charge in [-0.3, -0.25) is 9.78 Å². The smallest absolute Gasteiger partial charge is 0.326 e. The molecule has 1 aromatic heterocycles. The number of hydrogen-bond donors (Lipinski definition) is 1. The molecule has 2 heterocycles. The first kappa shape index (κ1) is 13.5. The standard InChI is InChI=1S/C15H13FN2O3/c16-10-7-9-3-1-5-17-13(9)11(8-10)14(19)18-6-2-4-12(18)15(20)21/h1,3,5,7-8,12H,2,4,6H2,(H,20,21)/t12-/m1/s1. The van der Waals surface area contributed by atoms with Gasteiger partial charge >= 0.3 is 5.97 Å². The molecule has 2 aromatic rings. The summed E-state index contributed by atoms with van der Waals surface area (Å²) in [5.74, 6) is -2.05. The van der Waals surface area contributed by atoms with Crippen LogP contribution in [-0.4, -0.2) is 39.5 Å². The zero-order chi connectivity index (χ0) is 15.0. The fourth-order valence-corrected chi connectivity index (χ4v) is 2.74. The van der Waals surface area contributed by atoms with E-state index < -0.39 is 23.7 Å². The number of nitrogens with zero attached hydrogens (tertiary/aromatic N) is 2. The van der Waals surface area contributed by atoms with Gasteiger partial charge in [0.15, 0.2) is 0 Å². The quantitative estimate of drug-likeness (QED) is 0.918. The molecule has 0 spiro atoms. The number of halogens is 1. The SMILES string of the molecule is O=C(O)[C@H]1CCCN1C(=O)c1cc(F)cc2cccnc12. The van der Waals surface area contributed by atoms with E-state index in [2.05, 4.69) is 4.98 Å². The van der Waals surface area contributed by atoms with Crippen molar-refractivity contribution in [1.29, 1.82) is 0 Å². The first-order valence-corrected chi connectivity index (χ1v) is 6.66. The van der Waals surface area contributed by atoms with E-state index in [1.807, 2.05) is 0 Å². The van der Waals surface area contributed by atoms with E-state index in [0.717, 1.165) is 6.07 Å². The Morgan fingerprint density at radius 2 is 2.19 bits per heavy atom. The number of likely N-dealkylation sites (tertiary alicyclic amines) is 1. The first-order valence-electron chi connectivity index (χ1n) is 6.66. The fourth-order valence-electron chi connectivity index (χ4n) is 2.74. The average molecular weight is 288 g/mol. The lowest BCUT2D eigenvalue weighted by Gasteiger charge is -2.22. The molecular formula is C15H13FN2O3. The maximum absolute atomic E-state index is 13.7. The summed E-state index contributed by atoms with van der Waals surface area (Å²) in [6, 6.07) is 4.90. The summed E-state index contributed by atoms with van der Waals surface area (Å²) >= 11 is 0. The van der Waals surface area contributed by atoms with Gasteiger partial charge in [-0.1, -0.05) is 6.07 Å². The predicted molar refractivity (Wildman–Crippen MR) is 73.4 cm³/mol. The molecule has 1 saturated heterocycles. The van der Waals surface area contributed by atoms with Crippen LogP contribution in [0.1, 0.15) is 23.2 Å². The number of fused-ring (bicyclic) bond motifs is 1. The Morgan fingerprint density at radius 1 is 1.38 bits per heavy atom. The summed E-state index contributed by atoms with van der Waals surface area (Å²) in [6.07, 6.45) is 2.57. The van der Waals surface area contributed by atoms with Gasteiger partial charge in [-0.25, -0.2) is 9.18 Å². The second kappa shape index (κ2) is 5.12. The Kier molecular flexibility index (Phi) is 3.29. The molecule has 1 N–H and O–H groups in total. The van der Waals surface area contributed by atoms with Gasteiger partial charge in [0.25, 0.3) is 5.91 Å². The molecule has 6 heteroatoms. The molecule has 5 nitrogen and oxygen atoms in total. The number of carboxylic acid groups (broad SMARTS) is 1. The van der Waals surface area contributed by atoms with Gasteiger partial charge in [0, 0.05) is 18.1 Å². The Morgan fingerprint density at radius 3 is 2.95 bits per heavy atom. The topological polar surface area (TPSA) is 70.5 Å². The van der Waals surface area contributed by atoms with Crippen LogP contribution < -0.4 is 0 Å². The molecule has 1 aliphatic rings. The minimum Gasteiger partial charge on any atom is -0.480 e. The highest BCUT2D eigenvalue weighted by Gasteiger charge is 2.35. The van der Waals surface area contributed by atoms with Crippen LogP contribution in [0.5, 0.6) is 0 Å². The van der Waals surface area contributed by atoms with E-state index in [0.29, 0.717) is 30.3 Å². The molecule has 21 heavy (non-hydrogen) atoms. The zero-order valence-corrected chi connectivity index (χ0v) is 11.1. The lowest BCUT2D eigenvalue weighted by molar-refractivity contribution is -0.141. The molecule has 1 fully saturated rings. The molecule has 108 valence electrons. The summed E-state index contributed by atoms with van der Waals surface area (Å²) in [6.45, 7) is 0.362. The van der Waals surface area contributed by atoms with Gasteiger partial charge in [-0.15, -0.1) is 0 Å². The number of carboxylic acids is 1. The normalized spacial score (nSPS) is 18.1. The van der Waals surface area contributed by atoms with E-state index in [9.17, 15) is 14.0 Å². The van der Waals surface area contributed by atoms with Crippen molar-refractivity contribution in [3.05, 3.63) is 41.8 Å². The minimum absolute atomic E-state index is 0.110. The van der Waals surface area contributed by atoms with Gasteiger partial charge in [-0.05, 0) is 31.0 Å². The summed E-state index contributed by atoms with van der Waals surface area (Å²) in [5.41, 5.74) is 0.499. The molecule has 0 saturated carbocycles. The molecule has 3 rings (SSSR count). The summed E-state index contributed by atoms with van der Waals surface area (Å²) in [7, 11) is 0. The Balaban J connectivity index is 2.07. The highest BCUT2D eigenvalue weighted by molar-refractivity contribution is 6.06. The van der Waals surface area contributed by atoms with Crippen molar-refractivity contribution in [3.63, 3.8) is 0 Å². The van der Waals surface area contributed by atoms with E-state index in [1.54, 1.807) is 12.1 Å². The Labute approximate surface area is 120 Å². The van der Waals surface area contributed by atoms with Crippen molar-refractivity contribution in [2.75, 3.05) is 6.54 Å². The van der Waals surface area contributed by atoms with Gasteiger partial charge in [0.1, 0.15) is 11.9 Å². The molecule has 0 aliphatic carbocycles. The van der Waals surface area contributed by atoms with Crippen LogP contribution in [0.2, 0.25) is 0 Å². The molecule has 1 amide bonds. The van der Waals surface area contributed by atoms with Gasteiger partial charge < -0.3 is 10.0 Å². The zero-order valence-electron chi connectivity index (χ0n) is 11.1. The number of rotatable bonds is 2. The Hall–Kier alpha value is -2.50. The maximum Gasteiger partial charge on any atom is 0.326 e. The van der Waals surface area contributed by atoms with Crippen LogP contribution >= 0.6 is 0 Å². The lowest BCUT2D eigenvalue weighted by atomic mass is 10.1. The van der Waals surface area contributed by atoms with Crippen LogP contribution in [0, 0.1) is 5.82 Å². The van der Waals surface area contributed by atoms with Crippen molar-refractivity contribution >= 4 is 22.8 Å². The molecule has 0 radical (unpaired) electrons. The highest BCUT2D eigenvalue weighted by Crippen LogP contribution is 2.24. The van der Waals surface area contributed by atoms with Crippen LogP contribution in [0.15, 0.2) is 30.5 Å². The number of benzene rings is 1. The van der Waals surface area contributed by atoms with Crippen molar-refractivity contribution < 1.29 is 19.1 Å². The maximum atomic E-state index is 13.7. The third-order valence-corrected chi connectivity index (χ3v) is 3.70. The molecule has 0 unspecified atom stereocenters. The monoisotopic (exact) mass is 288 g/mol. The second-order valence-corrected chi connectivity index (χ2v) is 5.02. The van der Waals surface area contributed by atoms with E-state index in [-0.39, 0.29) is 5.56 Å². The molecule has 1 aromatic carbocycles. The van der Waals surface area contributed by atoms with Crippen LogP contribution in [0.25, 0.3) is 10.9 Å². The van der Waals surface area contributed by atoms with E-state index >= 15 is 0 Å². The van der Waals surface area contributed by atoms with Crippen LogP contribution in [0.4, 0.5) is 4.39 Å². The molecule has 1 atom stereocenters. The second-order valence-electron chi connectivity index (χ2n) is 5.02. The van der Waals surface area contributed by atoms with E-state index in [4.69, 9.17) is 5.11 Å². The fraction of sp³-hybridized carbons (Fsp3) is 0.267. The number of hydrogen-bond acceptors (Lipinski definition) is 3. The molecular weight excluding hydrogens is 275 g/mol. The minimum atomic E-state index is -1.03. The lowest BCUT2D eigenvalue weighted by Crippen LogP contribution is -2.40. The first-order chi connectivity index (χ1) is 10.1. The number of aromatic nitrogens is 1. The predicted octanol–water partition coefficient (Wildman–Crippen LogP) is 2.06. The van der Waals surface area contributed by atoms with Crippen molar-refractivity contribution in [2.24, 2.45) is 0 Å². The third kappa shape index (κ3) is 2.33. The average Bonchev–Trinajstić information content (AvgIpc) is 2.95.